The molecular formula is C51H49N3O7. The number of carbonyl (C=O) groups excluding carboxylic acids is 4. The molecule has 4 fully saturated rings. The Morgan fingerprint density at radius 3 is 1.79 bits per heavy atom. The van der Waals surface area contributed by atoms with Crippen molar-refractivity contribution in [3.8, 4) is 0 Å². The second kappa shape index (κ2) is 17.3. The molecule has 0 spiro atoms. The first-order chi connectivity index (χ1) is 29.7. The summed E-state index contributed by atoms with van der Waals surface area (Å²) in [6.45, 7) is -0.0736. The fraction of sp³-hybridized carbons (Fsp3) is 0.294. The van der Waals surface area contributed by atoms with Crippen LogP contribution in [0.15, 0.2) is 133 Å². The first-order valence-electron chi connectivity index (χ1n) is 21.3. The lowest BCUT2D eigenvalue weighted by Gasteiger charge is -2.57. The van der Waals surface area contributed by atoms with E-state index in [2.05, 4.69) is 10.6 Å². The maximum Gasteiger partial charge on any atom is 0.338 e. The third kappa shape index (κ3) is 8.92. The van der Waals surface area contributed by atoms with Crippen molar-refractivity contribution in [2.45, 2.75) is 64.1 Å². The van der Waals surface area contributed by atoms with Crippen molar-refractivity contribution < 1.29 is 33.7 Å². The van der Waals surface area contributed by atoms with E-state index in [1.807, 2.05) is 78.9 Å². The Balaban J connectivity index is 0.918. The Hall–Kier alpha value is -6.36. The molecule has 5 aromatic rings. The molecule has 4 saturated carbocycles. The van der Waals surface area contributed by atoms with Crippen LogP contribution in [-0.2, 0) is 27.5 Å². The van der Waals surface area contributed by atoms with E-state index in [-0.39, 0.29) is 52.6 Å². The van der Waals surface area contributed by atoms with E-state index in [0.29, 0.717) is 11.3 Å². The molecule has 310 valence electrons. The Bertz CT molecular complexity index is 2360. The molecule has 1 heterocycles. The summed E-state index contributed by atoms with van der Waals surface area (Å²) in [5.41, 5.74) is 4.91. The molecule has 10 nitrogen and oxygen atoms in total. The highest BCUT2D eigenvalue weighted by molar-refractivity contribution is 6.03. The summed E-state index contributed by atoms with van der Waals surface area (Å²) >= 11 is 0. The Labute approximate surface area is 355 Å². The molecule has 2 amide bonds. The second-order valence-corrected chi connectivity index (χ2v) is 17.4. The number of hydrogen-bond acceptors (Lipinski definition) is 7. The van der Waals surface area contributed by atoms with Crippen molar-refractivity contribution in [2.24, 2.45) is 23.2 Å². The number of nitrogens with one attached hydrogen (secondary N) is 3. The summed E-state index contributed by atoms with van der Waals surface area (Å²) in [7, 11) is 0. The van der Waals surface area contributed by atoms with Gasteiger partial charge in [-0.2, -0.15) is 0 Å². The van der Waals surface area contributed by atoms with Crippen LogP contribution < -0.4 is 15.7 Å². The van der Waals surface area contributed by atoms with Gasteiger partial charge in [-0.1, -0.05) is 97.1 Å². The van der Waals surface area contributed by atoms with E-state index in [9.17, 15) is 24.4 Å². The van der Waals surface area contributed by atoms with E-state index >= 15 is 0 Å². The molecule has 0 radical (unpaired) electrons. The molecule has 2 unspecified atom stereocenters. The quantitative estimate of drug-likeness (QED) is 0.0755. The number of esters is 2. The van der Waals surface area contributed by atoms with Crippen molar-refractivity contribution in [2.75, 3.05) is 11.9 Å². The molecule has 4 aliphatic carbocycles. The predicted octanol–water partition coefficient (Wildman–Crippen LogP) is 8.53. The smallest absolute Gasteiger partial charge is 0.338 e. The summed E-state index contributed by atoms with van der Waals surface area (Å²) in [6, 6.07) is 37.1. The van der Waals surface area contributed by atoms with E-state index < -0.39 is 29.7 Å². The number of rotatable bonds is 14. The number of fused-ring (bicyclic) bond motifs is 1. The largest absolute Gasteiger partial charge is 0.624 e. The average Bonchev–Trinajstić information content (AvgIpc) is 3.58. The van der Waals surface area contributed by atoms with E-state index in [1.54, 1.807) is 36.4 Å². The normalized spacial score (nSPS) is 22.4. The predicted molar refractivity (Wildman–Crippen MR) is 231 cm³/mol. The maximum atomic E-state index is 14.3. The number of hydroxylamine groups is 1. The van der Waals surface area contributed by atoms with Gasteiger partial charge in [-0.15, -0.1) is 0 Å². The van der Waals surface area contributed by atoms with E-state index in [4.69, 9.17) is 9.47 Å². The van der Waals surface area contributed by atoms with Crippen LogP contribution >= 0.6 is 0 Å². The zero-order chi connectivity index (χ0) is 41.9. The van der Waals surface area contributed by atoms with Gasteiger partial charge in [0.1, 0.15) is 24.5 Å². The molecule has 10 heteroatoms. The van der Waals surface area contributed by atoms with Crippen molar-refractivity contribution >= 4 is 41.2 Å². The van der Waals surface area contributed by atoms with Crippen molar-refractivity contribution in [3.05, 3.63) is 177 Å². The lowest BCUT2D eigenvalue weighted by atomic mass is 9.48. The van der Waals surface area contributed by atoms with Gasteiger partial charge in [-0.25, -0.2) is 9.59 Å². The summed E-state index contributed by atoms with van der Waals surface area (Å²) < 4.78 is 11.2. The average molecular weight is 816 g/mol. The van der Waals surface area contributed by atoms with Gasteiger partial charge in [0.05, 0.1) is 17.0 Å². The van der Waals surface area contributed by atoms with Gasteiger partial charge < -0.3 is 30.4 Å². The van der Waals surface area contributed by atoms with Crippen LogP contribution in [0.5, 0.6) is 0 Å². The van der Waals surface area contributed by atoms with Crippen LogP contribution in [-0.4, -0.2) is 30.3 Å². The highest BCUT2D eigenvalue weighted by atomic mass is 16.5. The number of hydrogen-bond donors (Lipinski definition) is 3. The Morgan fingerprint density at radius 2 is 1.23 bits per heavy atom. The third-order valence-corrected chi connectivity index (χ3v) is 13.0. The fourth-order valence-electron chi connectivity index (χ4n) is 10.7. The van der Waals surface area contributed by atoms with Gasteiger partial charge in [0.25, 0.3) is 5.91 Å². The molecule has 5 aromatic carbocycles. The summed E-state index contributed by atoms with van der Waals surface area (Å²) in [4.78, 5) is 55.1. The summed E-state index contributed by atoms with van der Waals surface area (Å²) in [5.74, 6) is -0.880. The van der Waals surface area contributed by atoms with Crippen LogP contribution in [0, 0.1) is 28.4 Å². The van der Waals surface area contributed by atoms with Crippen LogP contribution in [0.25, 0.3) is 6.08 Å². The molecule has 3 N–H and O–H groups in total. The molecular weight excluding hydrogens is 767 g/mol. The van der Waals surface area contributed by atoms with Gasteiger partial charge in [0.2, 0.25) is 5.91 Å². The first-order valence-corrected chi connectivity index (χ1v) is 21.3. The number of anilines is 1. The highest BCUT2D eigenvalue weighted by Crippen LogP contribution is 2.62. The number of amides is 2. The van der Waals surface area contributed by atoms with Crippen LogP contribution in [0.3, 0.4) is 0 Å². The third-order valence-electron chi connectivity index (χ3n) is 13.0. The SMILES string of the molecule is O=C(OCc1ccccc1)c1cc(NC(=O)C(CNC(=O)c2cccc3c2[NH+]([O-])C(CC24CC5CC(CC(C5)C2)C4)=C3)c2ccccc2)cc(C(=O)OCc2ccccc2)c1. The number of carbonyl (C=O) groups is 4. The monoisotopic (exact) mass is 815 g/mol. The molecule has 5 aliphatic rings. The minimum Gasteiger partial charge on any atom is -0.624 e. The van der Waals surface area contributed by atoms with Crippen LogP contribution in [0.4, 0.5) is 11.4 Å². The number of allylic oxidation sites excluding steroid dienone is 1. The molecule has 0 aromatic heterocycles. The molecule has 2 atom stereocenters. The lowest BCUT2D eigenvalue weighted by Crippen LogP contribution is -2.99. The summed E-state index contributed by atoms with van der Waals surface area (Å²) in [6.07, 6.45) is 10.3. The van der Waals surface area contributed by atoms with E-state index in [0.717, 1.165) is 46.6 Å². The topological polar surface area (TPSA) is 138 Å². The van der Waals surface area contributed by atoms with Crippen molar-refractivity contribution in [1.29, 1.82) is 0 Å². The Kier molecular flexibility index (Phi) is 11.4. The molecule has 61 heavy (non-hydrogen) atoms. The first kappa shape index (κ1) is 40.1. The number of para-hydroxylation sites is 1. The highest BCUT2D eigenvalue weighted by Gasteiger charge is 2.52. The minimum atomic E-state index is -0.885. The van der Waals surface area contributed by atoms with Crippen LogP contribution in [0.1, 0.15) is 104 Å². The van der Waals surface area contributed by atoms with Crippen molar-refractivity contribution in [1.82, 2.24) is 5.32 Å². The number of quaternary nitrogens is 1. The zero-order valence-electron chi connectivity index (χ0n) is 33.9. The zero-order valence-corrected chi connectivity index (χ0v) is 33.9. The second-order valence-electron chi connectivity index (χ2n) is 17.4. The minimum absolute atomic E-state index is 0.00938. The number of benzene rings is 5. The Morgan fingerprint density at radius 1 is 0.689 bits per heavy atom. The summed E-state index contributed by atoms with van der Waals surface area (Å²) in [5, 5.41) is 19.9. The molecule has 10 rings (SSSR count). The molecule has 4 bridgehead atoms. The van der Waals surface area contributed by atoms with Gasteiger partial charge in [0.15, 0.2) is 5.69 Å². The maximum absolute atomic E-state index is 14.3. The van der Waals surface area contributed by atoms with Gasteiger partial charge in [-0.3, -0.25) is 9.59 Å². The van der Waals surface area contributed by atoms with Gasteiger partial charge in [0, 0.05) is 30.3 Å². The number of ether oxygens (including phenoxy) is 2. The van der Waals surface area contributed by atoms with Gasteiger partial charge >= 0.3 is 11.9 Å². The fourth-order valence-corrected chi connectivity index (χ4v) is 10.7. The van der Waals surface area contributed by atoms with E-state index in [1.165, 1.54) is 56.7 Å². The molecule has 0 saturated heterocycles. The molecule has 1 aliphatic heterocycles. The van der Waals surface area contributed by atoms with Gasteiger partial charge in [-0.05, 0) is 109 Å². The van der Waals surface area contributed by atoms with Crippen molar-refractivity contribution in [3.63, 3.8) is 0 Å². The lowest BCUT2D eigenvalue weighted by molar-refractivity contribution is -0.730. The standard InChI is InChI=1S/C51H49N3O7/c55-47(44-18-10-17-39-25-43(54(59)46(39)44)29-51-26-35-19-36(27-51)21-37(20-35)28-51)52-30-45(38-15-8-3-9-16-38)48(56)53-42-23-40(49(57)60-31-33-11-4-1-5-12-33)22-41(24-42)50(58)61-32-34-13-6-2-7-14-34/h1-18,22-25,35-37,45,54H,19-21,26-32H2,(H,52,55)(H,53,56). The van der Waals surface area contributed by atoms with Crippen LogP contribution in [0.2, 0.25) is 0 Å².